The second-order valence-corrected chi connectivity index (χ2v) is 3.32. The standard InChI is InChI=1S/C10H10FNO2/c1-6-4-9(12-13)8-5-7(11)2-3-10(8)14-6/h2-3,5-6,13H,4H2,1H3. The molecule has 4 heteroatoms. The van der Waals surface area contributed by atoms with E-state index in [1.165, 1.54) is 12.1 Å². The summed E-state index contributed by atoms with van der Waals surface area (Å²) in [6, 6.07) is 4.19. The second kappa shape index (κ2) is 3.29. The number of rotatable bonds is 0. The van der Waals surface area contributed by atoms with E-state index in [0.29, 0.717) is 23.4 Å². The van der Waals surface area contributed by atoms with Crippen LogP contribution >= 0.6 is 0 Å². The van der Waals surface area contributed by atoms with E-state index in [4.69, 9.17) is 9.94 Å². The summed E-state index contributed by atoms with van der Waals surface area (Å²) in [4.78, 5) is 0. The molecule has 2 rings (SSSR count). The molecule has 0 spiro atoms. The molecule has 74 valence electrons. The van der Waals surface area contributed by atoms with E-state index in [0.717, 1.165) is 0 Å². The molecule has 1 aromatic rings. The van der Waals surface area contributed by atoms with Gasteiger partial charge in [-0.15, -0.1) is 0 Å². The van der Waals surface area contributed by atoms with Gasteiger partial charge >= 0.3 is 0 Å². The average molecular weight is 195 g/mol. The predicted octanol–water partition coefficient (Wildman–Crippen LogP) is 2.17. The van der Waals surface area contributed by atoms with Gasteiger partial charge in [0.05, 0.1) is 5.71 Å². The van der Waals surface area contributed by atoms with Crippen molar-refractivity contribution in [2.24, 2.45) is 5.16 Å². The number of benzene rings is 1. The summed E-state index contributed by atoms with van der Waals surface area (Å²) < 4.78 is 18.4. The Kier molecular flexibility index (Phi) is 2.11. The van der Waals surface area contributed by atoms with Gasteiger partial charge in [0.25, 0.3) is 0 Å². The first-order valence-corrected chi connectivity index (χ1v) is 4.38. The van der Waals surface area contributed by atoms with Gasteiger partial charge in [0.15, 0.2) is 0 Å². The van der Waals surface area contributed by atoms with Crippen LogP contribution in [0.15, 0.2) is 23.4 Å². The van der Waals surface area contributed by atoms with Crippen molar-refractivity contribution in [1.29, 1.82) is 0 Å². The van der Waals surface area contributed by atoms with Crippen molar-refractivity contribution in [3.8, 4) is 5.75 Å². The van der Waals surface area contributed by atoms with E-state index in [2.05, 4.69) is 5.16 Å². The minimum Gasteiger partial charge on any atom is -0.490 e. The van der Waals surface area contributed by atoms with Crippen LogP contribution in [0.5, 0.6) is 5.75 Å². The minimum atomic E-state index is -0.358. The molecule has 0 aromatic heterocycles. The maximum atomic E-state index is 12.9. The average Bonchev–Trinajstić information content (AvgIpc) is 2.17. The minimum absolute atomic E-state index is 0.0427. The van der Waals surface area contributed by atoms with Crippen molar-refractivity contribution in [3.63, 3.8) is 0 Å². The third kappa shape index (κ3) is 1.43. The molecule has 1 aliphatic heterocycles. The first-order chi connectivity index (χ1) is 6.70. The number of nitrogens with zero attached hydrogens (tertiary/aromatic N) is 1. The summed E-state index contributed by atoms with van der Waals surface area (Å²) in [5.41, 5.74) is 1.00. The Bertz CT molecular complexity index is 390. The van der Waals surface area contributed by atoms with Crippen molar-refractivity contribution < 1.29 is 14.3 Å². The normalized spacial score (nSPS) is 23.0. The molecule has 1 aromatic carbocycles. The molecule has 3 nitrogen and oxygen atoms in total. The van der Waals surface area contributed by atoms with Gasteiger partial charge in [-0.05, 0) is 25.1 Å². The van der Waals surface area contributed by atoms with Crippen LogP contribution in [-0.4, -0.2) is 17.0 Å². The predicted molar refractivity (Wildman–Crippen MR) is 49.4 cm³/mol. The number of halogens is 1. The zero-order valence-corrected chi connectivity index (χ0v) is 7.70. The summed E-state index contributed by atoms with van der Waals surface area (Å²) in [7, 11) is 0. The Labute approximate surface area is 80.8 Å². The van der Waals surface area contributed by atoms with E-state index >= 15 is 0 Å². The van der Waals surface area contributed by atoms with E-state index < -0.39 is 0 Å². The summed E-state index contributed by atoms with van der Waals surface area (Å²) in [5.74, 6) is 0.209. The fourth-order valence-electron chi connectivity index (χ4n) is 1.57. The zero-order chi connectivity index (χ0) is 10.1. The fourth-order valence-corrected chi connectivity index (χ4v) is 1.57. The van der Waals surface area contributed by atoms with Gasteiger partial charge in [0, 0.05) is 12.0 Å². The second-order valence-electron chi connectivity index (χ2n) is 3.32. The van der Waals surface area contributed by atoms with Gasteiger partial charge in [0.2, 0.25) is 0 Å². The van der Waals surface area contributed by atoms with Crippen molar-refractivity contribution in [3.05, 3.63) is 29.6 Å². The Morgan fingerprint density at radius 3 is 3.07 bits per heavy atom. The van der Waals surface area contributed by atoms with Gasteiger partial charge in [-0.2, -0.15) is 0 Å². The van der Waals surface area contributed by atoms with E-state index in [1.54, 1.807) is 6.07 Å². The van der Waals surface area contributed by atoms with Gasteiger partial charge in [-0.1, -0.05) is 5.16 Å². The van der Waals surface area contributed by atoms with E-state index in [1.807, 2.05) is 6.92 Å². The van der Waals surface area contributed by atoms with Crippen LogP contribution in [0.1, 0.15) is 18.9 Å². The summed E-state index contributed by atoms with van der Waals surface area (Å²) >= 11 is 0. The van der Waals surface area contributed by atoms with Crippen LogP contribution in [0.25, 0.3) is 0 Å². The molecule has 1 N–H and O–H groups in total. The first kappa shape index (κ1) is 8.99. The topological polar surface area (TPSA) is 41.8 Å². The molecule has 0 radical (unpaired) electrons. The molecule has 1 aliphatic rings. The van der Waals surface area contributed by atoms with Crippen molar-refractivity contribution >= 4 is 5.71 Å². The van der Waals surface area contributed by atoms with Gasteiger partial charge < -0.3 is 9.94 Å². The van der Waals surface area contributed by atoms with Crippen LogP contribution in [0.2, 0.25) is 0 Å². The third-order valence-electron chi connectivity index (χ3n) is 2.18. The summed E-state index contributed by atoms with van der Waals surface area (Å²) in [5, 5.41) is 11.9. The molecule has 14 heavy (non-hydrogen) atoms. The highest BCUT2D eigenvalue weighted by Gasteiger charge is 2.22. The monoisotopic (exact) mass is 195 g/mol. The molecule has 0 saturated carbocycles. The molecule has 0 aliphatic carbocycles. The highest BCUT2D eigenvalue weighted by molar-refractivity contribution is 6.03. The van der Waals surface area contributed by atoms with Crippen LogP contribution in [0.3, 0.4) is 0 Å². The van der Waals surface area contributed by atoms with E-state index in [-0.39, 0.29) is 11.9 Å². The Morgan fingerprint density at radius 2 is 2.36 bits per heavy atom. The molecule has 0 saturated heterocycles. The van der Waals surface area contributed by atoms with Crippen LogP contribution in [0, 0.1) is 5.82 Å². The van der Waals surface area contributed by atoms with Crippen LogP contribution < -0.4 is 4.74 Å². The molecule has 1 atom stereocenters. The van der Waals surface area contributed by atoms with Crippen molar-refractivity contribution in [2.45, 2.75) is 19.4 Å². The third-order valence-corrected chi connectivity index (χ3v) is 2.18. The lowest BCUT2D eigenvalue weighted by atomic mass is 10.0. The van der Waals surface area contributed by atoms with Crippen LogP contribution in [-0.2, 0) is 0 Å². The zero-order valence-electron chi connectivity index (χ0n) is 7.70. The first-order valence-electron chi connectivity index (χ1n) is 4.38. The maximum Gasteiger partial charge on any atom is 0.129 e. The Balaban J connectivity index is 2.52. The molecule has 1 heterocycles. The summed E-state index contributed by atoms with van der Waals surface area (Å²) in [6.45, 7) is 1.87. The van der Waals surface area contributed by atoms with Crippen molar-refractivity contribution in [2.75, 3.05) is 0 Å². The highest BCUT2D eigenvalue weighted by atomic mass is 19.1. The molecule has 0 amide bonds. The van der Waals surface area contributed by atoms with Gasteiger partial charge in [-0.3, -0.25) is 0 Å². The quantitative estimate of drug-likeness (QED) is 0.509. The lowest BCUT2D eigenvalue weighted by molar-refractivity contribution is 0.217. The lowest BCUT2D eigenvalue weighted by Crippen LogP contribution is -2.24. The Morgan fingerprint density at radius 1 is 1.57 bits per heavy atom. The van der Waals surface area contributed by atoms with Crippen LogP contribution in [0.4, 0.5) is 4.39 Å². The number of oxime groups is 1. The largest absolute Gasteiger partial charge is 0.490 e. The number of hydrogen-bond donors (Lipinski definition) is 1. The van der Waals surface area contributed by atoms with Gasteiger partial charge in [-0.25, -0.2) is 4.39 Å². The smallest absolute Gasteiger partial charge is 0.129 e. The molecule has 0 fully saturated rings. The SMILES string of the molecule is CC1CC(=NO)c2cc(F)ccc2O1. The highest BCUT2D eigenvalue weighted by Crippen LogP contribution is 2.28. The number of ether oxygens (including phenoxy) is 1. The molecule has 1 unspecified atom stereocenters. The summed E-state index contributed by atoms with van der Waals surface area (Å²) in [6.07, 6.45) is 0.450. The van der Waals surface area contributed by atoms with E-state index in [9.17, 15) is 4.39 Å². The lowest BCUT2D eigenvalue weighted by Gasteiger charge is -2.23. The molecular formula is C10H10FNO2. The number of fused-ring (bicyclic) bond motifs is 1. The van der Waals surface area contributed by atoms with Gasteiger partial charge in [0.1, 0.15) is 17.7 Å². The number of hydrogen-bond acceptors (Lipinski definition) is 3. The maximum absolute atomic E-state index is 12.9. The Hall–Kier alpha value is -1.58. The molecular weight excluding hydrogens is 185 g/mol. The van der Waals surface area contributed by atoms with Crippen molar-refractivity contribution in [1.82, 2.24) is 0 Å². The molecule has 0 bridgehead atoms. The fraction of sp³-hybridized carbons (Fsp3) is 0.300.